The van der Waals surface area contributed by atoms with Gasteiger partial charge in [-0.1, -0.05) is 6.58 Å². The fraction of sp³-hybridized carbons (Fsp3) is 0.812. The lowest BCUT2D eigenvalue weighted by atomic mass is 10.4. The Bertz CT molecular complexity index is 578. The SMILES string of the molecule is C=C(C)C(=O)OC[Si](C)(C)O[Si](C)(CCC(F)(F)F)O[Si](C)(C)CCC(F)(F)F. The largest absolute Gasteiger partial charge is 0.463 e. The highest BCUT2D eigenvalue weighted by Crippen LogP contribution is 2.34. The van der Waals surface area contributed by atoms with Crippen molar-refractivity contribution in [1.29, 1.82) is 0 Å². The van der Waals surface area contributed by atoms with Crippen LogP contribution < -0.4 is 0 Å². The van der Waals surface area contributed by atoms with E-state index in [0.29, 0.717) is 0 Å². The first kappa shape index (κ1) is 28.4. The lowest BCUT2D eigenvalue weighted by Crippen LogP contribution is -2.56. The zero-order valence-electron chi connectivity index (χ0n) is 17.6. The number of carbonyl (C=O) groups excluding carboxylic acids is 1. The van der Waals surface area contributed by atoms with Gasteiger partial charge in [0.15, 0.2) is 8.32 Å². The van der Waals surface area contributed by atoms with Crippen LogP contribution >= 0.6 is 0 Å². The molecule has 1 atom stereocenters. The van der Waals surface area contributed by atoms with Crippen molar-refractivity contribution in [2.24, 2.45) is 0 Å². The van der Waals surface area contributed by atoms with Crippen molar-refractivity contribution in [2.45, 2.75) is 76.9 Å². The van der Waals surface area contributed by atoms with E-state index in [-0.39, 0.29) is 17.8 Å². The van der Waals surface area contributed by atoms with Crippen molar-refractivity contribution in [1.82, 2.24) is 0 Å². The first-order chi connectivity index (χ1) is 12.7. The van der Waals surface area contributed by atoms with E-state index in [1.165, 1.54) is 26.6 Å². The molecule has 0 aliphatic rings. The van der Waals surface area contributed by atoms with E-state index in [0.717, 1.165) is 0 Å². The van der Waals surface area contributed by atoms with Crippen molar-refractivity contribution >= 4 is 31.2 Å². The summed E-state index contributed by atoms with van der Waals surface area (Å²) in [4.78, 5) is 11.6. The molecule has 172 valence electrons. The molecule has 0 aromatic rings. The van der Waals surface area contributed by atoms with Crippen molar-refractivity contribution < 1.29 is 44.1 Å². The van der Waals surface area contributed by atoms with Crippen LogP contribution in [0.25, 0.3) is 0 Å². The van der Waals surface area contributed by atoms with Crippen LogP contribution in [0.3, 0.4) is 0 Å². The van der Waals surface area contributed by atoms with E-state index in [1.807, 2.05) is 0 Å². The number of hydrogen-bond donors (Lipinski definition) is 0. The predicted octanol–water partition coefficient (Wildman–Crippen LogP) is 6.07. The Kier molecular flexibility index (Phi) is 9.89. The van der Waals surface area contributed by atoms with E-state index in [9.17, 15) is 31.1 Å². The monoisotopic (exact) mass is 484 g/mol. The lowest BCUT2D eigenvalue weighted by Gasteiger charge is -2.40. The molecule has 0 bridgehead atoms. The minimum atomic E-state index is -4.45. The molecule has 0 saturated carbocycles. The first-order valence-electron chi connectivity index (χ1n) is 9.02. The number of carbonyl (C=O) groups is 1. The molecule has 1 unspecified atom stereocenters. The summed E-state index contributed by atoms with van der Waals surface area (Å²) in [5.74, 6) is -0.645. The molecular formula is C16H30F6O4Si3. The van der Waals surface area contributed by atoms with Gasteiger partial charge in [-0.15, -0.1) is 0 Å². The average Bonchev–Trinajstić information content (AvgIpc) is 2.46. The van der Waals surface area contributed by atoms with Gasteiger partial charge in [0, 0.05) is 18.4 Å². The summed E-state index contributed by atoms with van der Waals surface area (Å²) < 4.78 is 93.2. The number of alkyl halides is 6. The summed E-state index contributed by atoms with van der Waals surface area (Å²) >= 11 is 0. The van der Waals surface area contributed by atoms with Crippen molar-refractivity contribution in [3.05, 3.63) is 12.2 Å². The third-order valence-electron chi connectivity index (χ3n) is 3.76. The van der Waals surface area contributed by atoms with Crippen LogP contribution in [0, 0.1) is 0 Å². The highest BCUT2D eigenvalue weighted by atomic mass is 28.5. The predicted molar refractivity (Wildman–Crippen MR) is 105 cm³/mol. The third-order valence-corrected chi connectivity index (χ3v) is 15.1. The van der Waals surface area contributed by atoms with Crippen molar-refractivity contribution in [3.8, 4) is 0 Å². The molecule has 0 heterocycles. The second kappa shape index (κ2) is 10.1. The molecule has 0 aliphatic carbocycles. The van der Waals surface area contributed by atoms with Crippen LogP contribution in [0.2, 0.25) is 44.8 Å². The maximum atomic E-state index is 12.8. The number of ether oxygens (including phenoxy) is 1. The van der Waals surface area contributed by atoms with Gasteiger partial charge in [0.05, 0.1) is 0 Å². The van der Waals surface area contributed by atoms with Crippen LogP contribution in [0.1, 0.15) is 19.8 Å². The van der Waals surface area contributed by atoms with E-state index in [1.54, 1.807) is 13.1 Å². The van der Waals surface area contributed by atoms with Crippen LogP contribution in [-0.2, 0) is 17.8 Å². The summed E-state index contributed by atoms with van der Waals surface area (Å²) in [5, 5.41) is 0. The maximum absolute atomic E-state index is 12.8. The minimum absolute atomic E-state index is 0.124. The van der Waals surface area contributed by atoms with Gasteiger partial charge in [-0.05, 0) is 51.7 Å². The highest BCUT2D eigenvalue weighted by molar-refractivity contribution is 6.88. The summed E-state index contributed by atoms with van der Waals surface area (Å²) in [5.41, 5.74) is 0.170. The topological polar surface area (TPSA) is 44.8 Å². The summed E-state index contributed by atoms with van der Waals surface area (Å²) in [6.07, 6.45) is -11.2. The van der Waals surface area contributed by atoms with Crippen molar-refractivity contribution in [3.63, 3.8) is 0 Å². The molecule has 0 aliphatic heterocycles. The Morgan fingerprint density at radius 3 is 1.66 bits per heavy atom. The van der Waals surface area contributed by atoms with Gasteiger partial charge in [0.25, 0.3) is 0 Å². The van der Waals surface area contributed by atoms with E-state index < -0.39 is 62.4 Å². The minimum Gasteiger partial charge on any atom is -0.463 e. The van der Waals surface area contributed by atoms with Crippen LogP contribution in [0.5, 0.6) is 0 Å². The van der Waals surface area contributed by atoms with Gasteiger partial charge in [0.2, 0.25) is 8.32 Å². The van der Waals surface area contributed by atoms with Gasteiger partial charge in [-0.2, -0.15) is 26.3 Å². The molecular weight excluding hydrogens is 454 g/mol. The molecule has 0 fully saturated rings. The quantitative estimate of drug-likeness (QED) is 0.155. The fourth-order valence-electron chi connectivity index (χ4n) is 2.55. The van der Waals surface area contributed by atoms with E-state index >= 15 is 0 Å². The fourth-order valence-corrected chi connectivity index (χ4v) is 16.0. The number of halogens is 6. The molecule has 0 saturated heterocycles. The van der Waals surface area contributed by atoms with Gasteiger partial charge in [0.1, 0.15) is 6.23 Å². The highest BCUT2D eigenvalue weighted by Gasteiger charge is 2.46. The molecule has 0 aromatic carbocycles. The summed E-state index contributed by atoms with van der Waals surface area (Å²) in [6.45, 7) is 12.7. The van der Waals surface area contributed by atoms with Gasteiger partial charge in [-0.25, -0.2) is 4.79 Å². The molecule has 0 N–H and O–H groups in total. The van der Waals surface area contributed by atoms with E-state index in [2.05, 4.69) is 6.58 Å². The number of rotatable bonds is 11. The molecule has 0 spiro atoms. The Labute approximate surface area is 171 Å². The standard InChI is InChI=1S/C16H30F6O4Si3/c1-13(2)14(23)24-12-28(5,6)26-29(7,11-9-16(20,21)22)25-27(3,4)10-8-15(17,18)19/h1,8-12H2,2-7H3. The second-order valence-electron chi connectivity index (χ2n) is 8.44. The summed E-state index contributed by atoms with van der Waals surface area (Å²) in [7, 11) is -9.28. The Morgan fingerprint density at radius 2 is 1.24 bits per heavy atom. The maximum Gasteiger partial charge on any atom is 0.389 e. The molecule has 0 radical (unpaired) electrons. The molecule has 0 amide bonds. The van der Waals surface area contributed by atoms with E-state index in [4.69, 9.17) is 13.0 Å². The molecule has 0 rings (SSSR count). The lowest BCUT2D eigenvalue weighted by molar-refractivity contribution is -0.137. The zero-order valence-corrected chi connectivity index (χ0v) is 20.6. The molecule has 4 nitrogen and oxygen atoms in total. The average molecular weight is 485 g/mol. The number of hydrogen-bond acceptors (Lipinski definition) is 4. The summed E-state index contributed by atoms with van der Waals surface area (Å²) in [6, 6.07) is -0.717. The smallest absolute Gasteiger partial charge is 0.389 e. The first-order valence-corrected chi connectivity index (χ1v) is 17.8. The normalized spacial score (nSPS) is 15.7. The van der Waals surface area contributed by atoms with Gasteiger partial charge in [-0.3, -0.25) is 0 Å². The van der Waals surface area contributed by atoms with Crippen LogP contribution in [0.4, 0.5) is 26.3 Å². The van der Waals surface area contributed by atoms with Gasteiger partial charge < -0.3 is 13.0 Å². The van der Waals surface area contributed by atoms with Crippen molar-refractivity contribution in [2.75, 3.05) is 6.23 Å². The van der Waals surface area contributed by atoms with Crippen LogP contribution in [-0.4, -0.2) is 49.7 Å². The molecule has 0 aromatic heterocycles. The zero-order chi connectivity index (χ0) is 23.3. The third kappa shape index (κ3) is 14.1. The van der Waals surface area contributed by atoms with Crippen LogP contribution in [0.15, 0.2) is 12.2 Å². The Balaban J connectivity index is 5.37. The number of esters is 1. The Hall–Kier alpha value is -0.639. The molecule has 29 heavy (non-hydrogen) atoms. The Morgan fingerprint density at radius 1 is 0.828 bits per heavy atom. The molecule has 13 heteroatoms. The second-order valence-corrected chi connectivity index (χ2v) is 20.7. The van der Waals surface area contributed by atoms with Gasteiger partial charge >= 0.3 is 26.9 Å².